The molecular weight excluding hydrogens is 120 g/mol. The van der Waals surface area contributed by atoms with Crippen molar-refractivity contribution in [3.63, 3.8) is 0 Å². The van der Waals surface area contributed by atoms with Gasteiger partial charge in [0.25, 0.3) is 0 Å². The molecule has 3 heteroatoms. The predicted molar refractivity (Wildman–Crippen MR) is 36.5 cm³/mol. The van der Waals surface area contributed by atoms with Crippen LogP contribution in [0.5, 0.6) is 0 Å². The zero-order valence-electron chi connectivity index (χ0n) is 4.72. The maximum atomic E-state index is 8.15. The summed E-state index contributed by atoms with van der Waals surface area (Å²) in [4.78, 5) is 0.791. The lowest BCUT2D eigenvalue weighted by molar-refractivity contribution is 0.878. The molecule has 1 unspecified atom stereocenters. The molecule has 0 aliphatic rings. The van der Waals surface area contributed by atoms with Crippen molar-refractivity contribution < 1.29 is 0 Å². The summed E-state index contributed by atoms with van der Waals surface area (Å²) >= 11 is 4.71. The van der Waals surface area contributed by atoms with Gasteiger partial charge in [0.05, 0.1) is 12.1 Å². The minimum atomic E-state index is -0.410. The number of thiocarbonyl (C=S) groups is 1. The quantitative estimate of drug-likeness (QED) is 0.554. The van der Waals surface area contributed by atoms with Crippen LogP contribution >= 0.6 is 12.2 Å². The van der Waals surface area contributed by atoms with Crippen LogP contribution < -0.4 is 5.73 Å². The molecule has 0 rings (SSSR count). The second-order valence-corrected chi connectivity index (χ2v) is 2.34. The van der Waals surface area contributed by atoms with Gasteiger partial charge in [-0.2, -0.15) is 5.26 Å². The monoisotopic (exact) mass is 128 g/mol. The van der Waals surface area contributed by atoms with Gasteiger partial charge in [-0.15, -0.1) is 0 Å². The van der Waals surface area contributed by atoms with Crippen LogP contribution in [0.2, 0.25) is 0 Å². The first-order valence-corrected chi connectivity index (χ1v) is 2.72. The standard InChI is InChI=1S/C5H8N2S/c1-4(8)2-5(7)3-6/h5H,2,7H2,1H3. The van der Waals surface area contributed by atoms with Crippen LogP contribution in [-0.4, -0.2) is 10.9 Å². The highest BCUT2D eigenvalue weighted by Gasteiger charge is 1.98. The second-order valence-electron chi connectivity index (χ2n) is 1.64. The molecular formula is C5H8N2S. The van der Waals surface area contributed by atoms with E-state index in [0.29, 0.717) is 6.42 Å². The van der Waals surface area contributed by atoms with Gasteiger partial charge in [0.1, 0.15) is 0 Å². The third-order valence-electron chi connectivity index (χ3n) is 0.673. The first-order chi connectivity index (χ1) is 3.66. The van der Waals surface area contributed by atoms with Crippen LogP contribution in [0, 0.1) is 11.3 Å². The van der Waals surface area contributed by atoms with E-state index >= 15 is 0 Å². The van der Waals surface area contributed by atoms with E-state index in [0.717, 1.165) is 4.86 Å². The van der Waals surface area contributed by atoms with E-state index in [1.807, 2.05) is 6.07 Å². The van der Waals surface area contributed by atoms with Crippen molar-refractivity contribution in [1.29, 1.82) is 5.26 Å². The Kier molecular flexibility index (Phi) is 3.33. The molecule has 0 heterocycles. The van der Waals surface area contributed by atoms with Gasteiger partial charge in [-0.05, 0) is 11.8 Å². The van der Waals surface area contributed by atoms with E-state index in [-0.39, 0.29) is 0 Å². The molecule has 0 bridgehead atoms. The SMILES string of the molecule is CC(=S)CC(N)C#N. The number of nitrogens with zero attached hydrogens (tertiary/aromatic N) is 1. The number of hydrogen-bond acceptors (Lipinski definition) is 3. The molecule has 0 saturated carbocycles. The van der Waals surface area contributed by atoms with E-state index < -0.39 is 6.04 Å². The van der Waals surface area contributed by atoms with Crippen molar-refractivity contribution in [2.45, 2.75) is 19.4 Å². The minimum absolute atomic E-state index is 0.410. The fraction of sp³-hybridized carbons (Fsp3) is 0.600. The lowest BCUT2D eigenvalue weighted by Gasteiger charge is -1.96. The Morgan fingerprint density at radius 1 is 2.00 bits per heavy atom. The average molecular weight is 128 g/mol. The van der Waals surface area contributed by atoms with Gasteiger partial charge >= 0.3 is 0 Å². The minimum Gasteiger partial charge on any atom is -0.316 e. The normalized spacial score (nSPS) is 12.1. The summed E-state index contributed by atoms with van der Waals surface area (Å²) in [5.41, 5.74) is 5.23. The van der Waals surface area contributed by atoms with Gasteiger partial charge in [-0.25, -0.2) is 0 Å². The van der Waals surface area contributed by atoms with E-state index in [1.165, 1.54) is 0 Å². The predicted octanol–water partition coefficient (Wildman–Crippen LogP) is 0.617. The molecule has 0 radical (unpaired) electrons. The summed E-state index contributed by atoms with van der Waals surface area (Å²) in [5.74, 6) is 0. The van der Waals surface area contributed by atoms with Crippen molar-refractivity contribution in [3.05, 3.63) is 0 Å². The number of nitriles is 1. The molecule has 0 aromatic carbocycles. The molecule has 0 aliphatic carbocycles. The van der Waals surface area contributed by atoms with E-state index in [4.69, 9.17) is 23.2 Å². The third-order valence-corrected chi connectivity index (χ3v) is 0.840. The lowest BCUT2D eigenvalue weighted by Crippen LogP contribution is -2.19. The smallest absolute Gasteiger partial charge is 0.0973 e. The van der Waals surface area contributed by atoms with Crippen LogP contribution in [0.4, 0.5) is 0 Å². The molecule has 2 N–H and O–H groups in total. The van der Waals surface area contributed by atoms with Gasteiger partial charge in [0.15, 0.2) is 0 Å². The molecule has 1 atom stereocenters. The van der Waals surface area contributed by atoms with Crippen molar-refractivity contribution in [1.82, 2.24) is 0 Å². The highest BCUT2D eigenvalue weighted by molar-refractivity contribution is 7.80. The van der Waals surface area contributed by atoms with Crippen molar-refractivity contribution in [2.24, 2.45) is 5.73 Å². The van der Waals surface area contributed by atoms with Gasteiger partial charge in [0.2, 0.25) is 0 Å². The van der Waals surface area contributed by atoms with Crippen LogP contribution in [0.3, 0.4) is 0 Å². The van der Waals surface area contributed by atoms with Crippen LogP contribution in [0.25, 0.3) is 0 Å². The van der Waals surface area contributed by atoms with Crippen LogP contribution in [-0.2, 0) is 0 Å². The highest BCUT2D eigenvalue weighted by atomic mass is 32.1. The largest absolute Gasteiger partial charge is 0.316 e. The number of rotatable bonds is 2. The molecule has 8 heavy (non-hydrogen) atoms. The van der Waals surface area contributed by atoms with Crippen molar-refractivity contribution >= 4 is 17.1 Å². The molecule has 0 amide bonds. The molecule has 0 aromatic heterocycles. The topological polar surface area (TPSA) is 49.8 Å². The first kappa shape index (κ1) is 7.54. The Labute approximate surface area is 54.3 Å². The van der Waals surface area contributed by atoms with Crippen molar-refractivity contribution in [2.75, 3.05) is 0 Å². The fourth-order valence-corrected chi connectivity index (χ4v) is 0.535. The molecule has 0 fully saturated rings. The molecule has 0 spiro atoms. The Morgan fingerprint density at radius 2 is 2.50 bits per heavy atom. The summed E-state index contributed by atoms with van der Waals surface area (Å²) in [5, 5.41) is 8.15. The first-order valence-electron chi connectivity index (χ1n) is 2.31. The van der Waals surface area contributed by atoms with Gasteiger partial charge < -0.3 is 5.73 Å². The molecule has 0 saturated heterocycles. The number of hydrogen-bond donors (Lipinski definition) is 1. The van der Waals surface area contributed by atoms with E-state index in [9.17, 15) is 0 Å². The molecule has 0 aliphatic heterocycles. The summed E-state index contributed by atoms with van der Waals surface area (Å²) in [7, 11) is 0. The number of nitrogens with two attached hydrogens (primary N) is 1. The van der Waals surface area contributed by atoms with Crippen molar-refractivity contribution in [3.8, 4) is 6.07 Å². The Bertz CT molecular complexity index is 125. The zero-order valence-corrected chi connectivity index (χ0v) is 5.53. The Hall–Kier alpha value is -0.460. The van der Waals surface area contributed by atoms with E-state index in [2.05, 4.69) is 0 Å². The lowest BCUT2D eigenvalue weighted by atomic mass is 10.2. The summed E-state index contributed by atoms with van der Waals surface area (Å²) in [6.07, 6.45) is 0.534. The summed E-state index contributed by atoms with van der Waals surface area (Å²) < 4.78 is 0. The Balaban J connectivity index is 3.43. The second kappa shape index (κ2) is 3.53. The molecule has 0 aromatic rings. The van der Waals surface area contributed by atoms with Gasteiger partial charge in [0, 0.05) is 6.42 Å². The average Bonchev–Trinajstić information content (AvgIpc) is 1.65. The zero-order chi connectivity index (χ0) is 6.57. The fourth-order valence-electron chi connectivity index (χ4n) is 0.355. The summed E-state index contributed by atoms with van der Waals surface area (Å²) in [6.45, 7) is 1.78. The van der Waals surface area contributed by atoms with Gasteiger partial charge in [-0.1, -0.05) is 12.2 Å². The third kappa shape index (κ3) is 3.72. The van der Waals surface area contributed by atoms with Crippen LogP contribution in [0.15, 0.2) is 0 Å². The Morgan fingerprint density at radius 3 is 2.62 bits per heavy atom. The van der Waals surface area contributed by atoms with Gasteiger partial charge in [-0.3, -0.25) is 0 Å². The maximum absolute atomic E-state index is 8.15. The van der Waals surface area contributed by atoms with E-state index in [1.54, 1.807) is 6.92 Å². The summed E-state index contributed by atoms with van der Waals surface area (Å²) in [6, 6.07) is 1.48. The molecule has 44 valence electrons. The maximum Gasteiger partial charge on any atom is 0.0973 e. The molecule has 2 nitrogen and oxygen atoms in total. The highest BCUT2D eigenvalue weighted by Crippen LogP contribution is 1.88. The van der Waals surface area contributed by atoms with Crippen LogP contribution in [0.1, 0.15) is 13.3 Å².